The molecule has 0 bridgehead atoms. The van der Waals surface area contributed by atoms with Crippen molar-refractivity contribution in [3.05, 3.63) is 58.0 Å². The smallest absolute Gasteiger partial charge is 0.250 e. The highest BCUT2D eigenvalue weighted by Crippen LogP contribution is 2.25. The summed E-state index contributed by atoms with van der Waals surface area (Å²) in [5.74, 6) is 0.985. The Kier molecular flexibility index (Phi) is 5.60. The van der Waals surface area contributed by atoms with Crippen LogP contribution >= 0.6 is 35.4 Å². The minimum absolute atomic E-state index is 0.134. The highest BCUT2D eigenvalue weighted by atomic mass is 35.5. The quantitative estimate of drug-likeness (QED) is 0.632. The van der Waals surface area contributed by atoms with Gasteiger partial charge in [0.05, 0.1) is 10.7 Å². The van der Waals surface area contributed by atoms with Crippen molar-refractivity contribution in [1.82, 2.24) is 5.32 Å². The molecule has 0 aliphatic heterocycles. The predicted octanol–water partition coefficient (Wildman–Crippen LogP) is 4.42. The molecule has 0 aliphatic rings. The highest BCUT2D eigenvalue weighted by molar-refractivity contribution is 7.80. The van der Waals surface area contributed by atoms with Crippen molar-refractivity contribution in [2.24, 2.45) is 0 Å². The van der Waals surface area contributed by atoms with E-state index >= 15 is 0 Å². The monoisotopic (exact) mass is 354 g/mol. The molecule has 1 aromatic heterocycles. The summed E-state index contributed by atoms with van der Waals surface area (Å²) in [6.07, 6.45) is 2.88. The molecule has 0 aliphatic carbocycles. The van der Waals surface area contributed by atoms with E-state index in [1.54, 1.807) is 30.3 Å². The van der Waals surface area contributed by atoms with Gasteiger partial charge in [-0.1, -0.05) is 23.2 Å². The number of rotatable bonds is 3. The van der Waals surface area contributed by atoms with Crippen LogP contribution in [-0.2, 0) is 4.79 Å². The van der Waals surface area contributed by atoms with E-state index in [-0.39, 0.29) is 11.0 Å². The van der Waals surface area contributed by atoms with E-state index in [1.807, 2.05) is 13.0 Å². The van der Waals surface area contributed by atoms with E-state index in [2.05, 4.69) is 10.6 Å². The molecule has 2 aromatic rings. The molecular weight excluding hydrogens is 343 g/mol. The zero-order chi connectivity index (χ0) is 16.1. The van der Waals surface area contributed by atoms with Crippen LogP contribution in [0.4, 0.5) is 5.69 Å². The molecule has 114 valence electrons. The van der Waals surface area contributed by atoms with E-state index in [4.69, 9.17) is 39.8 Å². The fourth-order valence-electron chi connectivity index (χ4n) is 1.60. The number of nitrogens with one attached hydrogen (secondary N) is 2. The number of aryl methyl sites for hydroxylation is 1. The first-order valence-corrected chi connectivity index (χ1v) is 7.42. The van der Waals surface area contributed by atoms with Gasteiger partial charge in [0.2, 0.25) is 5.91 Å². The van der Waals surface area contributed by atoms with E-state index < -0.39 is 0 Å². The van der Waals surface area contributed by atoms with Crippen molar-refractivity contribution in [3.8, 4) is 0 Å². The van der Waals surface area contributed by atoms with E-state index in [0.29, 0.717) is 21.5 Å². The second-order valence-electron chi connectivity index (χ2n) is 4.35. The van der Waals surface area contributed by atoms with Gasteiger partial charge < -0.3 is 9.73 Å². The van der Waals surface area contributed by atoms with Crippen LogP contribution in [0.1, 0.15) is 11.5 Å². The first-order chi connectivity index (χ1) is 10.4. The van der Waals surface area contributed by atoms with Crippen LogP contribution < -0.4 is 10.6 Å². The molecule has 0 fully saturated rings. The summed E-state index contributed by atoms with van der Waals surface area (Å²) in [5.41, 5.74) is 0.557. The molecule has 1 amide bonds. The predicted molar refractivity (Wildman–Crippen MR) is 93.3 cm³/mol. The van der Waals surface area contributed by atoms with Crippen molar-refractivity contribution in [3.63, 3.8) is 0 Å². The van der Waals surface area contributed by atoms with Crippen molar-refractivity contribution >= 4 is 58.2 Å². The second-order valence-corrected chi connectivity index (χ2v) is 5.60. The highest BCUT2D eigenvalue weighted by Gasteiger charge is 2.05. The maximum atomic E-state index is 11.7. The lowest BCUT2D eigenvalue weighted by atomic mass is 10.3. The summed E-state index contributed by atoms with van der Waals surface area (Å²) in [7, 11) is 0. The van der Waals surface area contributed by atoms with Crippen molar-refractivity contribution in [2.45, 2.75) is 6.92 Å². The van der Waals surface area contributed by atoms with E-state index in [0.717, 1.165) is 5.76 Å². The van der Waals surface area contributed by atoms with Crippen molar-refractivity contribution in [2.75, 3.05) is 5.32 Å². The Hall–Kier alpha value is -1.82. The SMILES string of the molecule is Cc1ccc(/C=C/C(=O)NC(=S)Nc2ccc(Cl)cc2Cl)o1. The molecule has 4 nitrogen and oxygen atoms in total. The zero-order valence-corrected chi connectivity index (χ0v) is 13.9. The zero-order valence-electron chi connectivity index (χ0n) is 11.5. The molecule has 0 unspecified atom stereocenters. The molecule has 22 heavy (non-hydrogen) atoms. The Labute approximate surface area is 143 Å². The molecule has 0 saturated carbocycles. The summed E-state index contributed by atoms with van der Waals surface area (Å²) in [5, 5.41) is 6.39. The fourth-order valence-corrected chi connectivity index (χ4v) is 2.27. The number of anilines is 1. The van der Waals surface area contributed by atoms with Gasteiger partial charge in [-0.25, -0.2) is 0 Å². The van der Waals surface area contributed by atoms with Crippen molar-refractivity contribution < 1.29 is 9.21 Å². The summed E-state index contributed by atoms with van der Waals surface area (Å²) < 4.78 is 5.32. The molecule has 0 spiro atoms. The average Bonchev–Trinajstić information content (AvgIpc) is 2.85. The van der Waals surface area contributed by atoms with Crippen LogP contribution in [0.2, 0.25) is 10.0 Å². The van der Waals surface area contributed by atoms with Gasteiger partial charge in [0.1, 0.15) is 11.5 Å². The molecule has 0 atom stereocenters. The van der Waals surface area contributed by atoms with Gasteiger partial charge in [-0.15, -0.1) is 0 Å². The largest absolute Gasteiger partial charge is 0.462 e. The minimum Gasteiger partial charge on any atom is -0.462 e. The van der Waals surface area contributed by atoms with Gasteiger partial charge in [0.15, 0.2) is 5.11 Å². The number of hydrogen-bond donors (Lipinski definition) is 2. The number of hydrogen-bond acceptors (Lipinski definition) is 3. The fraction of sp³-hybridized carbons (Fsp3) is 0.0667. The van der Waals surface area contributed by atoms with Gasteiger partial charge in [-0.3, -0.25) is 10.1 Å². The maximum absolute atomic E-state index is 11.7. The number of thiocarbonyl (C=S) groups is 1. The van der Waals surface area contributed by atoms with Crippen LogP contribution in [0.5, 0.6) is 0 Å². The molecule has 1 aromatic carbocycles. The molecule has 0 saturated heterocycles. The molecule has 7 heteroatoms. The van der Waals surface area contributed by atoms with Crippen molar-refractivity contribution in [1.29, 1.82) is 0 Å². The van der Waals surface area contributed by atoms with Crippen LogP contribution in [0.15, 0.2) is 40.8 Å². The van der Waals surface area contributed by atoms with Gasteiger partial charge in [0.25, 0.3) is 0 Å². The Morgan fingerprint density at radius 3 is 2.68 bits per heavy atom. The Morgan fingerprint density at radius 2 is 2.05 bits per heavy atom. The average molecular weight is 355 g/mol. The Bertz CT molecular complexity index is 741. The maximum Gasteiger partial charge on any atom is 0.250 e. The van der Waals surface area contributed by atoms with Gasteiger partial charge in [0, 0.05) is 11.1 Å². The number of halogens is 2. The Morgan fingerprint density at radius 1 is 1.27 bits per heavy atom. The van der Waals surface area contributed by atoms with Crippen LogP contribution in [0.3, 0.4) is 0 Å². The van der Waals surface area contributed by atoms with E-state index in [9.17, 15) is 4.79 Å². The third-order valence-electron chi connectivity index (χ3n) is 2.58. The summed E-state index contributed by atoms with van der Waals surface area (Å²) in [4.78, 5) is 11.7. The lowest BCUT2D eigenvalue weighted by Crippen LogP contribution is -2.32. The standard InChI is InChI=1S/C15H12Cl2N2O2S/c1-9-2-4-11(21-9)5-7-14(20)19-15(22)18-13-6-3-10(16)8-12(13)17/h2-8H,1H3,(H2,18,19,20,22)/b7-5+. The number of amides is 1. The Balaban J connectivity index is 1.91. The third kappa shape index (κ3) is 4.87. The second kappa shape index (κ2) is 7.45. The lowest BCUT2D eigenvalue weighted by Gasteiger charge is -2.09. The van der Waals surface area contributed by atoms with Crippen LogP contribution in [0, 0.1) is 6.92 Å². The summed E-state index contributed by atoms with van der Waals surface area (Å²) >= 11 is 16.9. The van der Waals surface area contributed by atoms with Crippen LogP contribution in [0.25, 0.3) is 6.08 Å². The minimum atomic E-state index is -0.378. The molecule has 2 N–H and O–H groups in total. The molecule has 2 rings (SSSR count). The first-order valence-electron chi connectivity index (χ1n) is 6.25. The first kappa shape index (κ1) is 16.5. The van der Waals surface area contributed by atoms with Gasteiger partial charge in [-0.05, 0) is 55.5 Å². The molecule has 0 radical (unpaired) electrons. The molecule has 1 heterocycles. The molecular formula is C15H12Cl2N2O2S. The number of carbonyl (C=O) groups excluding carboxylic acids is 1. The lowest BCUT2D eigenvalue weighted by molar-refractivity contribution is -0.115. The number of carbonyl (C=O) groups is 1. The number of benzene rings is 1. The summed E-state index contributed by atoms with van der Waals surface area (Å²) in [6.45, 7) is 1.83. The van der Waals surface area contributed by atoms with Gasteiger partial charge in [-0.2, -0.15) is 0 Å². The van der Waals surface area contributed by atoms with Gasteiger partial charge >= 0.3 is 0 Å². The number of furan rings is 1. The topological polar surface area (TPSA) is 54.3 Å². The normalized spacial score (nSPS) is 10.7. The third-order valence-corrected chi connectivity index (χ3v) is 3.33. The van der Waals surface area contributed by atoms with E-state index in [1.165, 1.54) is 6.08 Å². The van der Waals surface area contributed by atoms with Crippen LogP contribution in [-0.4, -0.2) is 11.0 Å². The summed E-state index contributed by atoms with van der Waals surface area (Å²) in [6, 6.07) is 8.49.